The lowest BCUT2D eigenvalue weighted by molar-refractivity contribution is 0.234. The van der Waals surface area contributed by atoms with Crippen molar-refractivity contribution in [3.63, 3.8) is 0 Å². The molecule has 18 heavy (non-hydrogen) atoms. The van der Waals surface area contributed by atoms with Gasteiger partial charge >= 0.3 is 0 Å². The van der Waals surface area contributed by atoms with E-state index in [1.54, 1.807) is 0 Å². The fourth-order valence-electron chi connectivity index (χ4n) is 1.49. The fraction of sp³-hybridized carbons (Fsp3) is 0.714. The van der Waals surface area contributed by atoms with Crippen LogP contribution in [0.5, 0.6) is 0 Å². The van der Waals surface area contributed by atoms with Gasteiger partial charge in [-0.25, -0.2) is 9.97 Å². The molecule has 102 valence electrons. The van der Waals surface area contributed by atoms with Crippen molar-refractivity contribution in [2.75, 3.05) is 11.9 Å². The normalized spacial score (nSPS) is 12.3. The minimum atomic E-state index is -0.378. The molecule has 4 nitrogen and oxygen atoms in total. The Morgan fingerprint density at radius 1 is 1.17 bits per heavy atom. The second-order valence-corrected chi connectivity index (χ2v) is 6.01. The first-order valence-corrected chi connectivity index (χ1v) is 6.53. The molecule has 0 radical (unpaired) electrons. The summed E-state index contributed by atoms with van der Waals surface area (Å²) in [5.74, 6) is 2.29. The molecule has 0 bridgehead atoms. The highest BCUT2D eigenvalue weighted by Gasteiger charge is 2.18. The molecule has 0 unspecified atom stereocenters. The highest BCUT2D eigenvalue weighted by Crippen LogP contribution is 2.21. The van der Waals surface area contributed by atoms with Crippen molar-refractivity contribution >= 4 is 5.82 Å². The average molecular weight is 251 g/mol. The molecule has 1 heterocycles. The van der Waals surface area contributed by atoms with E-state index in [4.69, 9.17) is 0 Å². The summed E-state index contributed by atoms with van der Waals surface area (Å²) < 4.78 is 0. The molecule has 0 aromatic carbocycles. The van der Waals surface area contributed by atoms with Crippen LogP contribution in [0, 0.1) is 0 Å². The number of hydrogen-bond donors (Lipinski definition) is 2. The minimum absolute atomic E-state index is 0.0605. The van der Waals surface area contributed by atoms with Gasteiger partial charge in [-0.15, -0.1) is 0 Å². The number of aromatic nitrogens is 2. The van der Waals surface area contributed by atoms with Gasteiger partial charge < -0.3 is 10.4 Å². The van der Waals surface area contributed by atoms with Gasteiger partial charge in [-0.3, -0.25) is 0 Å². The second kappa shape index (κ2) is 5.65. The van der Waals surface area contributed by atoms with Gasteiger partial charge in [0, 0.05) is 17.7 Å². The third-order valence-corrected chi connectivity index (χ3v) is 2.73. The molecule has 0 amide bonds. The van der Waals surface area contributed by atoms with Crippen LogP contribution < -0.4 is 5.32 Å². The molecule has 1 aromatic rings. The number of aliphatic hydroxyl groups is 1. The van der Waals surface area contributed by atoms with Crippen molar-refractivity contribution in [2.45, 2.75) is 58.9 Å². The summed E-state index contributed by atoms with van der Waals surface area (Å²) in [5, 5.41) is 12.6. The highest BCUT2D eigenvalue weighted by atomic mass is 16.3. The van der Waals surface area contributed by atoms with Crippen LogP contribution in [0.3, 0.4) is 0 Å². The molecule has 0 aliphatic heterocycles. The van der Waals surface area contributed by atoms with Crippen LogP contribution >= 0.6 is 0 Å². The summed E-state index contributed by atoms with van der Waals surface area (Å²) >= 11 is 0. The minimum Gasteiger partial charge on any atom is -0.394 e. The van der Waals surface area contributed by atoms with Crippen molar-refractivity contribution in [1.82, 2.24) is 9.97 Å². The van der Waals surface area contributed by atoms with Crippen LogP contribution in [0.15, 0.2) is 6.07 Å². The first-order chi connectivity index (χ1) is 8.25. The SMILES string of the molecule is CC(C)c1cc(NC(C)(C)CO)nc(C(C)C)n1. The van der Waals surface area contributed by atoms with Gasteiger partial charge in [0.15, 0.2) is 0 Å². The lowest BCUT2D eigenvalue weighted by Crippen LogP contribution is -2.35. The van der Waals surface area contributed by atoms with Gasteiger partial charge in [-0.2, -0.15) is 0 Å². The Labute approximate surface area is 110 Å². The smallest absolute Gasteiger partial charge is 0.133 e. The van der Waals surface area contributed by atoms with Crippen LogP contribution in [0.25, 0.3) is 0 Å². The summed E-state index contributed by atoms with van der Waals surface area (Å²) in [6, 6.07) is 1.97. The van der Waals surface area contributed by atoms with E-state index in [-0.39, 0.29) is 12.1 Å². The van der Waals surface area contributed by atoms with Crippen molar-refractivity contribution < 1.29 is 5.11 Å². The van der Waals surface area contributed by atoms with Crippen LogP contribution in [-0.4, -0.2) is 27.2 Å². The third-order valence-electron chi connectivity index (χ3n) is 2.73. The molecule has 0 saturated carbocycles. The Kier molecular flexibility index (Phi) is 4.68. The molecule has 0 saturated heterocycles. The van der Waals surface area contributed by atoms with Crippen LogP contribution in [-0.2, 0) is 0 Å². The quantitative estimate of drug-likeness (QED) is 0.845. The molecule has 0 aliphatic rings. The second-order valence-electron chi connectivity index (χ2n) is 6.01. The molecule has 0 spiro atoms. The monoisotopic (exact) mass is 251 g/mol. The van der Waals surface area contributed by atoms with Crippen LogP contribution in [0.4, 0.5) is 5.82 Å². The lowest BCUT2D eigenvalue weighted by Gasteiger charge is -2.25. The number of nitrogens with one attached hydrogen (secondary N) is 1. The molecule has 1 rings (SSSR count). The van der Waals surface area contributed by atoms with E-state index in [0.717, 1.165) is 17.3 Å². The number of hydrogen-bond acceptors (Lipinski definition) is 4. The fourth-order valence-corrected chi connectivity index (χ4v) is 1.49. The van der Waals surface area contributed by atoms with Crippen molar-refractivity contribution in [2.24, 2.45) is 0 Å². The van der Waals surface area contributed by atoms with Gasteiger partial charge in [0.1, 0.15) is 11.6 Å². The average Bonchev–Trinajstić information content (AvgIpc) is 2.27. The Balaban J connectivity index is 3.11. The molecule has 2 N–H and O–H groups in total. The summed E-state index contributed by atoms with van der Waals surface area (Å²) in [6.07, 6.45) is 0. The van der Waals surface area contributed by atoms with E-state index in [0.29, 0.717) is 11.8 Å². The van der Waals surface area contributed by atoms with E-state index in [1.807, 2.05) is 19.9 Å². The largest absolute Gasteiger partial charge is 0.394 e. The van der Waals surface area contributed by atoms with Crippen molar-refractivity contribution in [3.8, 4) is 0 Å². The zero-order chi connectivity index (χ0) is 13.9. The van der Waals surface area contributed by atoms with Crippen LogP contribution in [0.1, 0.15) is 64.9 Å². The molecule has 0 aliphatic carbocycles. The number of aliphatic hydroxyl groups excluding tert-OH is 1. The van der Waals surface area contributed by atoms with Gasteiger partial charge in [0.05, 0.1) is 12.1 Å². The maximum Gasteiger partial charge on any atom is 0.133 e. The molecular formula is C14H25N3O. The Morgan fingerprint density at radius 3 is 2.22 bits per heavy atom. The van der Waals surface area contributed by atoms with Crippen LogP contribution in [0.2, 0.25) is 0 Å². The Morgan fingerprint density at radius 2 is 1.78 bits per heavy atom. The third kappa shape index (κ3) is 3.95. The van der Waals surface area contributed by atoms with E-state index < -0.39 is 0 Å². The predicted molar refractivity (Wildman–Crippen MR) is 75.0 cm³/mol. The van der Waals surface area contributed by atoms with E-state index >= 15 is 0 Å². The first kappa shape index (κ1) is 14.9. The van der Waals surface area contributed by atoms with Gasteiger partial charge in [-0.05, 0) is 19.8 Å². The summed E-state index contributed by atoms with van der Waals surface area (Å²) in [4.78, 5) is 9.09. The summed E-state index contributed by atoms with van der Waals surface area (Å²) in [6.45, 7) is 12.4. The Hall–Kier alpha value is -1.16. The number of rotatable bonds is 5. The maximum atomic E-state index is 9.31. The number of nitrogens with zero attached hydrogens (tertiary/aromatic N) is 2. The number of anilines is 1. The van der Waals surface area contributed by atoms with Gasteiger partial charge in [0.2, 0.25) is 0 Å². The highest BCUT2D eigenvalue weighted by molar-refractivity contribution is 5.40. The lowest BCUT2D eigenvalue weighted by atomic mass is 10.1. The maximum absolute atomic E-state index is 9.31. The van der Waals surface area contributed by atoms with Crippen molar-refractivity contribution in [3.05, 3.63) is 17.6 Å². The topological polar surface area (TPSA) is 58.0 Å². The molecule has 0 atom stereocenters. The first-order valence-electron chi connectivity index (χ1n) is 6.53. The van der Waals surface area contributed by atoms with Gasteiger partial charge in [-0.1, -0.05) is 27.7 Å². The molecular weight excluding hydrogens is 226 g/mol. The van der Waals surface area contributed by atoms with Gasteiger partial charge in [0.25, 0.3) is 0 Å². The predicted octanol–water partition coefficient (Wildman–Crippen LogP) is 2.91. The molecule has 0 fully saturated rings. The molecule has 1 aromatic heterocycles. The zero-order valence-corrected chi connectivity index (χ0v) is 12.3. The van der Waals surface area contributed by atoms with E-state index in [2.05, 4.69) is 43.0 Å². The van der Waals surface area contributed by atoms with E-state index in [1.165, 1.54) is 0 Å². The summed E-state index contributed by atoms with van der Waals surface area (Å²) in [5.41, 5.74) is 0.654. The van der Waals surface area contributed by atoms with Crippen molar-refractivity contribution in [1.29, 1.82) is 0 Å². The standard InChI is InChI=1S/C14H25N3O/c1-9(2)11-7-12(17-14(5,6)8-18)16-13(15-11)10(3)4/h7,9-10,18H,8H2,1-6H3,(H,15,16,17). The zero-order valence-electron chi connectivity index (χ0n) is 12.3. The van der Waals surface area contributed by atoms with E-state index in [9.17, 15) is 5.11 Å². The molecule has 4 heteroatoms. The Bertz CT molecular complexity index is 374. The summed E-state index contributed by atoms with van der Waals surface area (Å²) in [7, 11) is 0.